The molecule has 0 aliphatic carbocycles. The maximum absolute atomic E-state index is 11.8. The number of hydrogen-bond acceptors (Lipinski definition) is 5. The van der Waals surface area contributed by atoms with Gasteiger partial charge in [-0.3, -0.25) is 9.59 Å². The van der Waals surface area contributed by atoms with Gasteiger partial charge >= 0.3 is 0 Å². The first kappa shape index (κ1) is 14.5. The van der Waals surface area contributed by atoms with Crippen LogP contribution in [0.2, 0.25) is 0 Å². The van der Waals surface area contributed by atoms with E-state index >= 15 is 0 Å². The lowest BCUT2D eigenvalue weighted by Crippen LogP contribution is -2.46. The summed E-state index contributed by atoms with van der Waals surface area (Å²) in [5.41, 5.74) is 0.168. The SMILES string of the molecule is Cc1cc(C(=O)N[C@H](C)C(=O)NC[C@H]2CCCO2)no1. The van der Waals surface area contributed by atoms with E-state index in [-0.39, 0.29) is 17.7 Å². The number of carbonyl (C=O) groups is 2. The van der Waals surface area contributed by atoms with Gasteiger partial charge in [0.2, 0.25) is 5.91 Å². The molecule has 1 aliphatic rings. The second-order valence-corrected chi connectivity index (χ2v) is 4.90. The van der Waals surface area contributed by atoms with Crippen LogP contribution in [-0.4, -0.2) is 42.3 Å². The Hall–Kier alpha value is -1.89. The van der Waals surface area contributed by atoms with E-state index in [0.29, 0.717) is 12.3 Å². The molecule has 110 valence electrons. The monoisotopic (exact) mass is 281 g/mol. The molecule has 1 aromatic rings. The Morgan fingerprint density at radius 2 is 2.35 bits per heavy atom. The Balaban J connectivity index is 1.76. The molecule has 2 atom stereocenters. The van der Waals surface area contributed by atoms with Crippen LogP contribution >= 0.6 is 0 Å². The van der Waals surface area contributed by atoms with Gasteiger partial charge in [-0.15, -0.1) is 0 Å². The summed E-state index contributed by atoms with van der Waals surface area (Å²) in [7, 11) is 0. The zero-order chi connectivity index (χ0) is 14.5. The van der Waals surface area contributed by atoms with Crippen molar-refractivity contribution in [1.29, 1.82) is 0 Å². The Morgan fingerprint density at radius 1 is 1.55 bits per heavy atom. The summed E-state index contributed by atoms with van der Waals surface area (Å²) in [5, 5.41) is 8.93. The minimum Gasteiger partial charge on any atom is -0.376 e. The highest BCUT2D eigenvalue weighted by Crippen LogP contribution is 2.10. The molecule has 1 aromatic heterocycles. The Kier molecular flexibility index (Phi) is 4.73. The number of carbonyl (C=O) groups excluding carboxylic acids is 2. The van der Waals surface area contributed by atoms with Gasteiger partial charge in [0, 0.05) is 19.2 Å². The summed E-state index contributed by atoms with van der Waals surface area (Å²) in [5.74, 6) is -0.124. The molecular weight excluding hydrogens is 262 g/mol. The predicted molar refractivity (Wildman–Crippen MR) is 70.2 cm³/mol. The summed E-state index contributed by atoms with van der Waals surface area (Å²) in [4.78, 5) is 23.6. The van der Waals surface area contributed by atoms with Crippen molar-refractivity contribution >= 4 is 11.8 Å². The number of nitrogens with zero attached hydrogens (tertiary/aromatic N) is 1. The number of ether oxygens (including phenoxy) is 1. The molecule has 0 unspecified atom stereocenters. The third-order valence-electron chi connectivity index (χ3n) is 3.13. The van der Waals surface area contributed by atoms with Crippen molar-refractivity contribution in [3.8, 4) is 0 Å². The molecule has 1 saturated heterocycles. The molecule has 0 bridgehead atoms. The average Bonchev–Trinajstić information content (AvgIpc) is 3.06. The minimum absolute atomic E-state index is 0.0834. The van der Waals surface area contributed by atoms with Crippen molar-refractivity contribution < 1.29 is 18.8 Å². The summed E-state index contributed by atoms with van der Waals surface area (Å²) in [6.07, 6.45) is 2.07. The van der Waals surface area contributed by atoms with Gasteiger partial charge in [-0.25, -0.2) is 0 Å². The molecule has 0 saturated carbocycles. The Bertz CT molecular complexity index is 480. The first-order valence-electron chi connectivity index (χ1n) is 6.70. The minimum atomic E-state index is -0.638. The third kappa shape index (κ3) is 3.80. The molecule has 1 aliphatic heterocycles. The van der Waals surface area contributed by atoms with Gasteiger partial charge in [0.15, 0.2) is 5.69 Å². The summed E-state index contributed by atoms with van der Waals surface area (Å²) in [6.45, 7) is 4.54. The lowest BCUT2D eigenvalue weighted by atomic mass is 10.2. The Morgan fingerprint density at radius 3 is 2.95 bits per heavy atom. The molecule has 2 amide bonds. The van der Waals surface area contributed by atoms with E-state index in [4.69, 9.17) is 9.26 Å². The van der Waals surface area contributed by atoms with E-state index < -0.39 is 11.9 Å². The van der Waals surface area contributed by atoms with E-state index in [1.54, 1.807) is 13.8 Å². The van der Waals surface area contributed by atoms with Gasteiger partial charge < -0.3 is 19.9 Å². The zero-order valence-corrected chi connectivity index (χ0v) is 11.6. The number of rotatable bonds is 5. The maximum atomic E-state index is 11.8. The van der Waals surface area contributed by atoms with Crippen LogP contribution in [0.5, 0.6) is 0 Å². The van der Waals surface area contributed by atoms with E-state index in [0.717, 1.165) is 19.4 Å². The zero-order valence-electron chi connectivity index (χ0n) is 11.6. The first-order chi connectivity index (χ1) is 9.56. The molecule has 0 aromatic carbocycles. The van der Waals surface area contributed by atoms with Gasteiger partial charge in [0.1, 0.15) is 11.8 Å². The third-order valence-corrected chi connectivity index (χ3v) is 3.13. The highest BCUT2D eigenvalue weighted by Gasteiger charge is 2.21. The van der Waals surface area contributed by atoms with Crippen LogP contribution < -0.4 is 10.6 Å². The maximum Gasteiger partial charge on any atom is 0.274 e. The topological polar surface area (TPSA) is 93.5 Å². The molecule has 2 rings (SSSR count). The van der Waals surface area contributed by atoms with Crippen molar-refractivity contribution in [3.05, 3.63) is 17.5 Å². The molecule has 20 heavy (non-hydrogen) atoms. The van der Waals surface area contributed by atoms with Gasteiger partial charge in [-0.05, 0) is 26.7 Å². The van der Waals surface area contributed by atoms with Crippen molar-refractivity contribution in [2.24, 2.45) is 0 Å². The second-order valence-electron chi connectivity index (χ2n) is 4.90. The van der Waals surface area contributed by atoms with Crippen molar-refractivity contribution in [3.63, 3.8) is 0 Å². The van der Waals surface area contributed by atoms with Crippen LogP contribution in [0.3, 0.4) is 0 Å². The van der Waals surface area contributed by atoms with E-state index in [9.17, 15) is 9.59 Å². The number of aryl methyl sites for hydroxylation is 1. The number of amides is 2. The largest absolute Gasteiger partial charge is 0.376 e. The lowest BCUT2D eigenvalue weighted by molar-refractivity contribution is -0.123. The molecule has 7 heteroatoms. The first-order valence-corrected chi connectivity index (χ1v) is 6.70. The van der Waals surface area contributed by atoms with Crippen LogP contribution in [0.25, 0.3) is 0 Å². The normalized spacial score (nSPS) is 19.6. The van der Waals surface area contributed by atoms with Crippen LogP contribution in [-0.2, 0) is 9.53 Å². The smallest absolute Gasteiger partial charge is 0.274 e. The highest BCUT2D eigenvalue weighted by molar-refractivity contribution is 5.95. The highest BCUT2D eigenvalue weighted by atomic mass is 16.5. The Labute approximate surface area is 117 Å². The van der Waals surface area contributed by atoms with Crippen LogP contribution in [0.1, 0.15) is 36.0 Å². The van der Waals surface area contributed by atoms with Crippen LogP contribution in [0.4, 0.5) is 0 Å². The average molecular weight is 281 g/mol. The summed E-state index contributed by atoms with van der Waals surface area (Å²) in [6, 6.07) is 0.882. The van der Waals surface area contributed by atoms with E-state index in [2.05, 4.69) is 15.8 Å². The predicted octanol–water partition coefficient (Wildman–Crippen LogP) is 0.397. The fourth-order valence-corrected chi connectivity index (χ4v) is 1.98. The van der Waals surface area contributed by atoms with Gasteiger partial charge in [-0.2, -0.15) is 0 Å². The van der Waals surface area contributed by atoms with Crippen molar-refractivity contribution in [2.45, 2.75) is 38.8 Å². The standard InChI is InChI=1S/C13H19N3O4/c1-8-6-11(16-20-8)13(18)15-9(2)12(17)14-7-10-4-3-5-19-10/h6,9-10H,3-5,7H2,1-2H3,(H,14,17)(H,15,18)/t9-,10-/m1/s1. The number of hydrogen-bond donors (Lipinski definition) is 2. The lowest BCUT2D eigenvalue weighted by Gasteiger charge is -2.15. The van der Waals surface area contributed by atoms with Gasteiger partial charge in [0.05, 0.1) is 6.10 Å². The van der Waals surface area contributed by atoms with Gasteiger partial charge in [-0.1, -0.05) is 5.16 Å². The molecule has 7 nitrogen and oxygen atoms in total. The summed E-state index contributed by atoms with van der Waals surface area (Å²) >= 11 is 0. The van der Waals surface area contributed by atoms with Crippen LogP contribution in [0, 0.1) is 6.92 Å². The second kappa shape index (κ2) is 6.51. The summed E-state index contributed by atoms with van der Waals surface area (Å²) < 4.78 is 10.2. The van der Waals surface area contributed by atoms with E-state index in [1.807, 2.05) is 0 Å². The molecule has 0 radical (unpaired) electrons. The van der Waals surface area contributed by atoms with Crippen molar-refractivity contribution in [1.82, 2.24) is 15.8 Å². The fraction of sp³-hybridized carbons (Fsp3) is 0.615. The van der Waals surface area contributed by atoms with E-state index in [1.165, 1.54) is 6.07 Å². The molecule has 2 N–H and O–H groups in total. The molecule has 0 spiro atoms. The molecule has 1 fully saturated rings. The fourth-order valence-electron chi connectivity index (χ4n) is 1.98. The van der Waals surface area contributed by atoms with Crippen molar-refractivity contribution in [2.75, 3.05) is 13.2 Å². The molecule has 2 heterocycles. The van der Waals surface area contributed by atoms with Gasteiger partial charge in [0.25, 0.3) is 5.91 Å². The number of nitrogens with one attached hydrogen (secondary N) is 2. The number of aromatic nitrogens is 1. The van der Waals surface area contributed by atoms with Crippen LogP contribution in [0.15, 0.2) is 10.6 Å². The quantitative estimate of drug-likeness (QED) is 0.814. The molecular formula is C13H19N3O4.